The summed E-state index contributed by atoms with van der Waals surface area (Å²) in [6, 6.07) is 15.5. The van der Waals surface area contributed by atoms with Crippen molar-refractivity contribution in [2.24, 2.45) is 0 Å². The predicted molar refractivity (Wildman–Crippen MR) is 106 cm³/mol. The van der Waals surface area contributed by atoms with Crippen LogP contribution in [0.25, 0.3) is 0 Å². The maximum absolute atomic E-state index is 12.3. The number of carbonyl (C=O) groups excluding carboxylic acids is 2. The lowest BCUT2D eigenvalue weighted by atomic mass is 9.97. The van der Waals surface area contributed by atoms with Gasteiger partial charge in [-0.3, -0.25) is 9.59 Å². The van der Waals surface area contributed by atoms with E-state index in [4.69, 9.17) is 0 Å². The number of carbonyl (C=O) groups is 2. The first-order chi connectivity index (χ1) is 12.3. The average molecular weight is 353 g/mol. The molecule has 0 heterocycles. The van der Waals surface area contributed by atoms with Gasteiger partial charge in [-0.2, -0.15) is 0 Å². The Morgan fingerprint density at radius 3 is 2.31 bits per heavy atom. The van der Waals surface area contributed by atoms with E-state index in [9.17, 15) is 9.59 Å². The third-order valence-electron chi connectivity index (χ3n) is 4.10. The Hall–Kier alpha value is -2.66. The molecule has 5 nitrogen and oxygen atoms in total. The summed E-state index contributed by atoms with van der Waals surface area (Å²) < 4.78 is 0. The van der Waals surface area contributed by atoms with E-state index in [-0.39, 0.29) is 17.7 Å². The highest BCUT2D eigenvalue weighted by molar-refractivity contribution is 5.94. The first-order valence-electron chi connectivity index (χ1n) is 8.75. The van der Waals surface area contributed by atoms with Crippen molar-refractivity contribution >= 4 is 23.2 Å². The van der Waals surface area contributed by atoms with Crippen molar-refractivity contribution in [2.45, 2.75) is 26.2 Å². The quantitative estimate of drug-likeness (QED) is 0.799. The smallest absolute Gasteiger partial charge is 0.238 e. The van der Waals surface area contributed by atoms with Crippen LogP contribution in [0.1, 0.15) is 30.4 Å². The summed E-state index contributed by atoms with van der Waals surface area (Å²) in [5.41, 5.74) is 3.55. The van der Waals surface area contributed by atoms with Gasteiger partial charge in [-0.15, -0.1) is 0 Å². The third kappa shape index (κ3) is 6.01. The number of hydrogen-bond donors (Lipinski definition) is 2. The molecule has 0 aliphatic rings. The topological polar surface area (TPSA) is 61.4 Å². The normalized spacial score (nSPS) is 11.9. The summed E-state index contributed by atoms with van der Waals surface area (Å²) in [5.74, 6) is 0.0682. The lowest BCUT2D eigenvalue weighted by molar-refractivity contribution is -0.117. The molecule has 1 atom stereocenters. The summed E-state index contributed by atoms with van der Waals surface area (Å²) in [6.45, 7) is 4.28. The zero-order valence-electron chi connectivity index (χ0n) is 15.9. The van der Waals surface area contributed by atoms with Crippen LogP contribution in [0.3, 0.4) is 0 Å². The predicted octanol–water partition coefficient (Wildman–Crippen LogP) is 3.63. The number of benzene rings is 2. The molecule has 0 aromatic heterocycles. The molecule has 0 saturated carbocycles. The van der Waals surface area contributed by atoms with Crippen LogP contribution in [0, 0.1) is 6.92 Å². The average Bonchev–Trinajstić information content (AvgIpc) is 2.57. The Balaban J connectivity index is 1.94. The first-order valence-corrected chi connectivity index (χ1v) is 8.75. The molecule has 5 heteroatoms. The van der Waals surface area contributed by atoms with Crippen molar-refractivity contribution in [3.05, 3.63) is 59.7 Å². The van der Waals surface area contributed by atoms with Crippen molar-refractivity contribution < 1.29 is 9.59 Å². The van der Waals surface area contributed by atoms with E-state index in [0.29, 0.717) is 13.0 Å². The fraction of sp³-hybridized carbons (Fsp3) is 0.333. The minimum atomic E-state index is -0.0634. The monoisotopic (exact) mass is 353 g/mol. The molecule has 138 valence electrons. The molecule has 2 aromatic carbocycles. The van der Waals surface area contributed by atoms with Gasteiger partial charge in [0.05, 0.1) is 6.54 Å². The molecular formula is C21H27N3O2. The van der Waals surface area contributed by atoms with Gasteiger partial charge in [0, 0.05) is 17.8 Å². The van der Waals surface area contributed by atoms with Crippen molar-refractivity contribution in [1.29, 1.82) is 0 Å². The Labute approximate surface area is 155 Å². The van der Waals surface area contributed by atoms with Crippen LogP contribution in [0.4, 0.5) is 11.4 Å². The number of hydrogen-bond acceptors (Lipinski definition) is 3. The molecule has 0 unspecified atom stereocenters. The van der Waals surface area contributed by atoms with Crippen LogP contribution in [0.2, 0.25) is 0 Å². The minimum Gasteiger partial charge on any atom is -0.326 e. The maximum Gasteiger partial charge on any atom is 0.238 e. The van der Waals surface area contributed by atoms with Gasteiger partial charge < -0.3 is 15.5 Å². The number of anilines is 2. The molecule has 0 aliphatic carbocycles. The van der Waals surface area contributed by atoms with Gasteiger partial charge in [-0.25, -0.2) is 0 Å². The Morgan fingerprint density at radius 1 is 1.00 bits per heavy atom. The molecule has 0 saturated heterocycles. The van der Waals surface area contributed by atoms with E-state index in [0.717, 1.165) is 22.5 Å². The lowest BCUT2D eigenvalue weighted by Crippen LogP contribution is -2.27. The second-order valence-corrected chi connectivity index (χ2v) is 6.88. The second-order valence-electron chi connectivity index (χ2n) is 6.88. The van der Waals surface area contributed by atoms with E-state index in [1.165, 1.54) is 0 Å². The summed E-state index contributed by atoms with van der Waals surface area (Å²) >= 11 is 0. The number of likely N-dealkylation sites (N-methyl/N-ethyl adjacent to an activating group) is 1. The Kier molecular flexibility index (Phi) is 6.92. The molecule has 2 N–H and O–H groups in total. The molecule has 0 fully saturated rings. The Morgan fingerprint density at radius 2 is 1.69 bits per heavy atom. The zero-order valence-corrected chi connectivity index (χ0v) is 15.9. The van der Waals surface area contributed by atoms with Gasteiger partial charge in [0.15, 0.2) is 0 Å². The minimum absolute atomic E-state index is 0.0230. The van der Waals surface area contributed by atoms with E-state index in [2.05, 4.69) is 10.6 Å². The molecule has 0 radical (unpaired) electrons. The van der Waals surface area contributed by atoms with Crippen LogP contribution in [0.15, 0.2) is 48.5 Å². The molecule has 0 bridgehead atoms. The van der Waals surface area contributed by atoms with Crippen molar-refractivity contribution in [2.75, 3.05) is 31.3 Å². The van der Waals surface area contributed by atoms with Gasteiger partial charge in [0.1, 0.15) is 0 Å². The van der Waals surface area contributed by atoms with Gasteiger partial charge in [-0.05, 0) is 56.3 Å². The van der Waals surface area contributed by atoms with Crippen LogP contribution < -0.4 is 10.6 Å². The fourth-order valence-corrected chi connectivity index (χ4v) is 2.75. The van der Waals surface area contributed by atoms with E-state index >= 15 is 0 Å². The van der Waals surface area contributed by atoms with Crippen molar-refractivity contribution in [3.8, 4) is 0 Å². The van der Waals surface area contributed by atoms with Crippen LogP contribution in [-0.4, -0.2) is 37.4 Å². The van der Waals surface area contributed by atoms with E-state index < -0.39 is 0 Å². The van der Waals surface area contributed by atoms with Gasteiger partial charge in [0.2, 0.25) is 11.8 Å². The molecule has 2 amide bonds. The highest BCUT2D eigenvalue weighted by atomic mass is 16.2. The SMILES string of the molecule is Cc1cc(NC(=O)C[C@@H](C)c2ccccc2)ccc1NC(=O)CN(C)C. The van der Waals surface area contributed by atoms with Crippen LogP contribution in [-0.2, 0) is 9.59 Å². The molecule has 0 spiro atoms. The highest BCUT2D eigenvalue weighted by Gasteiger charge is 2.12. The Bertz CT molecular complexity index is 757. The molecular weight excluding hydrogens is 326 g/mol. The lowest BCUT2D eigenvalue weighted by Gasteiger charge is -2.14. The van der Waals surface area contributed by atoms with Gasteiger partial charge in [-0.1, -0.05) is 37.3 Å². The summed E-state index contributed by atoms with van der Waals surface area (Å²) in [7, 11) is 3.70. The third-order valence-corrected chi connectivity index (χ3v) is 4.10. The number of nitrogens with zero attached hydrogens (tertiary/aromatic N) is 1. The summed E-state index contributed by atoms with van der Waals surface area (Å²) in [6.07, 6.45) is 0.421. The zero-order chi connectivity index (χ0) is 19.1. The molecule has 2 aromatic rings. The summed E-state index contributed by atoms with van der Waals surface area (Å²) in [4.78, 5) is 26.0. The van der Waals surface area contributed by atoms with Crippen molar-refractivity contribution in [1.82, 2.24) is 4.90 Å². The second kappa shape index (κ2) is 9.15. The largest absolute Gasteiger partial charge is 0.326 e. The molecule has 2 rings (SSSR count). The van der Waals surface area contributed by atoms with E-state index in [1.807, 2.05) is 81.4 Å². The molecule has 0 aliphatic heterocycles. The van der Waals surface area contributed by atoms with Gasteiger partial charge in [0.25, 0.3) is 0 Å². The van der Waals surface area contributed by atoms with Crippen molar-refractivity contribution in [3.63, 3.8) is 0 Å². The summed E-state index contributed by atoms with van der Waals surface area (Å²) in [5, 5.41) is 5.82. The van der Waals surface area contributed by atoms with Crippen LogP contribution in [0.5, 0.6) is 0 Å². The number of amides is 2. The van der Waals surface area contributed by atoms with Crippen LogP contribution >= 0.6 is 0 Å². The number of rotatable bonds is 7. The highest BCUT2D eigenvalue weighted by Crippen LogP contribution is 2.22. The standard InChI is InChI=1S/C21H27N3O2/c1-15(17-8-6-5-7-9-17)13-20(25)22-18-10-11-19(16(2)12-18)23-21(26)14-24(3)4/h5-12,15H,13-14H2,1-4H3,(H,22,25)(H,23,26)/t15-/m1/s1. The van der Waals surface area contributed by atoms with Gasteiger partial charge >= 0.3 is 0 Å². The fourth-order valence-electron chi connectivity index (χ4n) is 2.75. The first kappa shape index (κ1) is 19.7. The molecule has 26 heavy (non-hydrogen) atoms. The number of nitrogens with one attached hydrogen (secondary N) is 2. The van der Waals surface area contributed by atoms with E-state index in [1.54, 1.807) is 0 Å². The number of aryl methyl sites for hydroxylation is 1. The maximum atomic E-state index is 12.3.